The highest BCUT2D eigenvalue weighted by Gasteiger charge is 2.21. The first-order chi connectivity index (χ1) is 15.6. The van der Waals surface area contributed by atoms with Crippen molar-refractivity contribution in [2.24, 2.45) is 0 Å². The van der Waals surface area contributed by atoms with E-state index >= 15 is 0 Å². The number of β-amino-alcohol motifs (C(OH)–C–C–N with tert-alkyl or cyclic N) is 1. The van der Waals surface area contributed by atoms with Gasteiger partial charge in [0.25, 0.3) is 0 Å². The number of aliphatic hydroxyl groups is 1. The first kappa shape index (κ1) is 22.1. The summed E-state index contributed by atoms with van der Waals surface area (Å²) >= 11 is 0. The third-order valence-corrected chi connectivity index (χ3v) is 5.62. The monoisotopic (exact) mass is 440 g/mol. The summed E-state index contributed by atoms with van der Waals surface area (Å²) in [5, 5.41) is 19.9. The number of hydrogen-bond acceptors (Lipinski definition) is 8. The van der Waals surface area contributed by atoms with Crippen LogP contribution in [0, 0.1) is 0 Å². The Hall–Kier alpha value is -3.07. The van der Waals surface area contributed by atoms with Gasteiger partial charge in [0.05, 0.1) is 24.2 Å². The van der Waals surface area contributed by atoms with Gasteiger partial charge in [-0.25, -0.2) is 0 Å². The summed E-state index contributed by atoms with van der Waals surface area (Å²) in [4.78, 5) is 17.5. The zero-order valence-corrected chi connectivity index (χ0v) is 18.1. The number of phenols is 1. The number of ether oxygens (including phenoxy) is 2. The molecule has 3 aromatic rings. The van der Waals surface area contributed by atoms with Crippen LogP contribution in [0.3, 0.4) is 0 Å². The summed E-state index contributed by atoms with van der Waals surface area (Å²) in [6.45, 7) is 6.91. The predicted octanol–water partition coefficient (Wildman–Crippen LogP) is 2.80. The number of aromatic hydroxyl groups is 1. The lowest BCUT2D eigenvalue weighted by atomic mass is 10.1. The van der Waals surface area contributed by atoms with Crippen LogP contribution in [0.5, 0.6) is 23.0 Å². The van der Waals surface area contributed by atoms with Crippen molar-refractivity contribution in [3.05, 3.63) is 58.4 Å². The van der Waals surface area contributed by atoms with Gasteiger partial charge in [0.1, 0.15) is 17.6 Å². The lowest BCUT2D eigenvalue weighted by Crippen LogP contribution is -2.46. The average Bonchev–Trinajstić information content (AvgIpc) is 2.80. The van der Waals surface area contributed by atoms with E-state index in [1.54, 1.807) is 24.3 Å². The molecule has 2 N–H and O–H groups in total. The van der Waals surface area contributed by atoms with Crippen molar-refractivity contribution in [1.29, 1.82) is 0 Å². The highest BCUT2D eigenvalue weighted by atomic mass is 16.5. The van der Waals surface area contributed by atoms with Crippen molar-refractivity contribution >= 4 is 11.0 Å². The first-order valence-corrected chi connectivity index (χ1v) is 10.8. The lowest BCUT2D eigenvalue weighted by Gasteiger charge is -2.34. The maximum absolute atomic E-state index is 13.1. The number of aliphatic hydroxyl groups excluding tert-OH is 1. The summed E-state index contributed by atoms with van der Waals surface area (Å²) in [7, 11) is 0. The smallest absolute Gasteiger partial charge is 0.235 e. The second kappa shape index (κ2) is 10.0. The van der Waals surface area contributed by atoms with Gasteiger partial charge in [-0.2, -0.15) is 0 Å². The van der Waals surface area contributed by atoms with E-state index in [0.717, 1.165) is 26.2 Å². The fourth-order valence-electron chi connectivity index (χ4n) is 3.92. The zero-order valence-electron chi connectivity index (χ0n) is 18.1. The quantitative estimate of drug-likeness (QED) is 0.552. The largest absolute Gasteiger partial charge is 0.507 e. The van der Waals surface area contributed by atoms with Gasteiger partial charge in [-0.05, 0) is 31.2 Å². The van der Waals surface area contributed by atoms with Gasteiger partial charge in [0, 0.05) is 39.3 Å². The summed E-state index contributed by atoms with van der Waals surface area (Å²) in [6.07, 6.45) is 1.29. The van der Waals surface area contributed by atoms with Crippen LogP contribution in [0.1, 0.15) is 12.5 Å². The zero-order chi connectivity index (χ0) is 22.5. The van der Waals surface area contributed by atoms with Gasteiger partial charge in [0.2, 0.25) is 11.2 Å². The maximum atomic E-state index is 13.1. The highest BCUT2D eigenvalue weighted by Crippen LogP contribution is 2.33. The van der Waals surface area contributed by atoms with E-state index in [1.165, 1.54) is 12.3 Å². The number of piperazine rings is 1. The number of para-hydroxylation sites is 2. The fourth-order valence-corrected chi connectivity index (χ4v) is 3.92. The second-order valence-electron chi connectivity index (χ2n) is 7.69. The number of fused-ring (bicyclic) bond motifs is 1. The number of benzene rings is 2. The number of phenolic OH excluding ortho intramolecular Hbond substituents is 1. The molecule has 1 aromatic heterocycles. The molecule has 1 aliphatic heterocycles. The van der Waals surface area contributed by atoms with Crippen molar-refractivity contribution in [2.75, 3.05) is 45.9 Å². The standard InChI is InChI=1S/C24H28N2O6/c1-2-30-20-5-3-4-6-21(20)32-22-16-31-24-17(23(22)29)7-8-19(28)18(24)15-26-11-9-25(10-12-26)13-14-27/h3-8,16,27-28H,2,9-15H2,1H3. The lowest BCUT2D eigenvalue weighted by molar-refractivity contribution is 0.108. The highest BCUT2D eigenvalue weighted by molar-refractivity contribution is 5.83. The minimum Gasteiger partial charge on any atom is -0.507 e. The van der Waals surface area contributed by atoms with Crippen LogP contribution >= 0.6 is 0 Å². The molecule has 0 unspecified atom stereocenters. The molecule has 4 rings (SSSR count). The molecule has 2 aromatic carbocycles. The van der Waals surface area contributed by atoms with E-state index in [4.69, 9.17) is 19.0 Å². The Balaban J connectivity index is 1.60. The van der Waals surface area contributed by atoms with Crippen molar-refractivity contribution in [3.8, 4) is 23.0 Å². The molecule has 2 heterocycles. The van der Waals surface area contributed by atoms with E-state index in [2.05, 4.69) is 9.80 Å². The number of rotatable bonds is 8. The molecule has 1 aliphatic rings. The Morgan fingerprint density at radius 1 is 1.00 bits per heavy atom. The van der Waals surface area contributed by atoms with Crippen molar-refractivity contribution < 1.29 is 24.1 Å². The van der Waals surface area contributed by atoms with Crippen molar-refractivity contribution in [3.63, 3.8) is 0 Å². The molecule has 8 nitrogen and oxygen atoms in total. The molecular formula is C24H28N2O6. The van der Waals surface area contributed by atoms with Gasteiger partial charge in [-0.3, -0.25) is 14.6 Å². The molecule has 0 atom stereocenters. The van der Waals surface area contributed by atoms with Crippen LogP contribution in [0.15, 0.2) is 51.9 Å². The van der Waals surface area contributed by atoms with Gasteiger partial charge < -0.3 is 24.1 Å². The molecule has 0 aliphatic carbocycles. The molecular weight excluding hydrogens is 412 g/mol. The van der Waals surface area contributed by atoms with Crippen molar-refractivity contribution in [1.82, 2.24) is 9.80 Å². The third kappa shape index (κ3) is 4.72. The van der Waals surface area contributed by atoms with Gasteiger partial charge in [0.15, 0.2) is 11.5 Å². The molecule has 0 amide bonds. The van der Waals surface area contributed by atoms with E-state index in [9.17, 15) is 9.90 Å². The molecule has 0 bridgehead atoms. The predicted molar refractivity (Wildman–Crippen MR) is 121 cm³/mol. The van der Waals surface area contributed by atoms with Crippen LogP contribution in [-0.2, 0) is 6.54 Å². The minimum atomic E-state index is -0.313. The molecule has 32 heavy (non-hydrogen) atoms. The Morgan fingerprint density at radius 3 is 2.44 bits per heavy atom. The van der Waals surface area contributed by atoms with Gasteiger partial charge >= 0.3 is 0 Å². The Kier molecular flexibility index (Phi) is 6.94. The van der Waals surface area contributed by atoms with E-state index < -0.39 is 0 Å². The number of hydrogen-bond donors (Lipinski definition) is 2. The van der Waals surface area contributed by atoms with Crippen LogP contribution in [0.4, 0.5) is 0 Å². The average molecular weight is 440 g/mol. The Morgan fingerprint density at radius 2 is 1.72 bits per heavy atom. The second-order valence-corrected chi connectivity index (χ2v) is 7.69. The molecule has 1 saturated heterocycles. The molecule has 0 saturated carbocycles. The van der Waals surface area contributed by atoms with Gasteiger partial charge in [-0.15, -0.1) is 0 Å². The molecule has 1 fully saturated rings. The fraction of sp³-hybridized carbons (Fsp3) is 0.375. The minimum absolute atomic E-state index is 0.0545. The van der Waals surface area contributed by atoms with Crippen molar-refractivity contribution in [2.45, 2.75) is 13.5 Å². The van der Waals surface area contributed by atoms with Crippen LogP contribution in [0.2, 0.25) is 0 Å². The molecule has 8 heteroatoms. The molecule has 0 radical (unpaired) electrons. The number of nitrogens with zero attached hydrogens (tertiary/aromatic N) is 2. The van der Waals surface area contributed by atoms with E-state index in [1.807, 2.05) is 13.0 Å². The molecule has 170 valence electrons. The molecule has 0 spiro atoms. The van der Waals surface area contributed by atoms with Crippen LogP contribution in [-0.4, -0.2) is 66.0 Å². The van der Waals surface area contributed by atoms with Crippen LogP contribution < -0.4 is 14.9 Å². The van der Waals surface area contributed by atoms with E-state index in [0.29, 0.717) is 47.7 Å². The Labute approximate surface area is 186 Å². The van der Waals surface area contributed by atoms with Crippen LogP contribution in [0.25, 0.3) is 11.0 Å². The third-order valence-electron chi connectivity index (χ3n) is 5.62. The SMILES string of the molecule is CCOc1ccccc1Oc1coc2c(CN3CCN(CCO)CC3)c(O)ccc2c1=O. The van der Waals surface area contributed by atoms with Gasteiger partial charge in [-0.1, -0.05) is 12.1 Å². The summed E-state index contributed by atoms with van der Waals surface area (Å²) in [5.74, 6) is 1.12. The van der Waals surface area contributed by atoms with E-state index in [-0.39, 0.29) is 23.5 Å². The summed E-state index contributed by atoms with van der Waals surface area (Å²) in [5.41, 5.74) is 0.626. The summed E-state index contributed by atoms with van der Waals surface area (Å²) in [6, 6.07) is 10.2. The maximum Gasteiger partial charge on any atom is 0.235 e. The first-order valence-electron chi connectivity index (χ1n) is 10.8. The normalized spacial score (nSPS) is 15.2. The summed E-state index contributed by atoms with van der Waals surface area (Å²) < 4.78 is 17.2. The topological polar surface area (TPSA) is 95.6 Å². The Bertz CT molecular complexity index is 1120.